The van der Waals surface area contributed by atoms with Crippen LogP contribution in [0.5, 0.6) is 0 Å². The first-order valence-corrected chi connectivity index (χ1v) is 8.01. The van der Waals surface area contributed by atoms with Crippen LogP contribution in [0.15, 0.2) is 0 Å². The van der Waals surface area contributed by atoms with Crippen molar-refractivity contribution in [3.8, 4) is 0 Å². The second-order valence-corrected chi connectivity index (χ2v) is 6.01. The van der Waals surface area contributed by atoms with Crippen LogP contribution in [0.2, 0.25) is 0 Å². The topological polar surface area (TPSA) is 97.5 Å². The fourth-order valence-electron chi connectivity index (χ4n) is 2.76. The number of nitrogens with two attached hydrogens (primary N) is 1. The third kappa shape index (κ3) is 4.28. The lowest BCUT2D eigenvalue weighted by atomic mass is 9.97. The number of hydrogen-bond donors (Lipinski definition) is 1. The summed E-state index contributed by atoms with van der Waals surface area (Å²) in [6.07, 6.45) is 1.82. The van der Waals surface area contributed by atoms with Gasteiger partial charge in [-0.2, -0.15) is 15.0 Å². The number of esters is 1. The summed E-state index contributed by atoms with van der Waals surface area (Å²) >= 11 is 0. The number of hydrogen-bond acceptors (Lipinski definition) is 8. The molecule has 1 aromatic rings. The molecule has 1 fully saturated rings. The normalized spacial score (nSPS) is 20.1. The summed E-state index contributed by atoms with van der Waals surface area (Å²) in [4.78, 5) is 28.9. The smallest absolute Gasteiger partial charge is 0.310 e. The molecule has 1 aliphatic rings. The van der Waals surface area contributed by atoms with Crippen LogP contribution in [-0.2, 0) is 9.53 Å². The van der Waals surface area contributed by atoms with Gasteiger partial charge in [0.1, 0.15) is 0 Å². The summed E-state index contributed by atoms with van der Waals surface area (Å²) in [5.41, 5.74) is 5.80. The van der Waals surface area contributed by atoms with E-state index in [0.717, 1.165) is 19.4 Å². The zero-order valence-corrected chi connectivity index (χ0v) is 14.3. The maximum Gasteiger partial charge on any atom is 0.310 e. The Balaban J connectivity index is 2.13. The molecule has 2 rings (SSSR count). The molecule has 0 bridgehead atoms. The molecular formula is C15H26N6O2. The Morgan fingerprint density at radius 3 is 2.83 bits per heavy atom. The lowest BCUT2D eigenvalue weighted by Crippen LogP contribution is -2.41. The number of ether oxygens (including phenoxy) is 1. The van der Waals surface area contributed by atoms with Gasteiger partial charge in [-0.25, -0.2) is 0 Å². The minimum absolute atomic E-state index is 0.0313. The largest absolute Gasteiger partial charge is 0.466 e. The minimum Gasteiger partial charge on any atom is -0.466 e. The van der Waals surface area contributed by atoms with E-state index in [4.69, 9.17) is 10.5 Å². The number of likely N-dealkylation sites (tertiary alicyclic amines) is 1. The van der Waals surface area contributed by atoms with Crippen molar-refractivity contribution < 1.29 is 9.53 Å². The third-order valence-electron chi connectivity index (χ3n) is 4.05. The van der Waals surface area contributed by atoms with E-state index in [0.29, 0.717) is 24.9 Å². The van der Waals surface area contributed by atoms with E-state index in [2.05, 4.69) is 19.9 Å². The van der Waals surface area contributed by atoms with Crippen molar-refractivity contribution >= 4 is 17.9 Å². The Morgan fingerprint density at radius 1 is 1.43 bits per heavy atom. The van der Waals surface area contributed by atoms with Crippen molar-refractivity contribution in [2.75, 3.05) is 44.4 Å². The van der Waals surface area contributed by atoms with Crippen molar-refractivity contribution in [1.29, 1.82) is 0 Å². The standard InChI is InChI=1S/C15H26N6O2/c1-5-23-13(22)11-7-6-8-21(9-11)10(2)12-17-14(16)19-15(18-12)20(3)4/h10-11H,5-9H2,1-4H3,(H2,16,17,18,19)/t10-,11+/m0/s1. The van der Waals surface area contributed by atoms with Gasteiger partial charge in [-0.05, 0) is 33.2 Å². The number of carbonyl (C=O) groups excluding carboxylic acids is 1. The number of rotatable bonds is 5. The van der Waals surface area contributed by atoms with Gasteiger partial charge in [-0.1, -0.05) is 0 Å². The molecule has 2 N–H and O–H groups in total. The first kappa shape index (κ1) is 17.4. The molecule has 0 saturated carbocycles. The second kappa shape index (κ2) is 7.54. The van der Waals surface area contributed by atoms with Gasteiger partial charge in [-0.15, -0.1) is 0 Å². The molecule has 1 saturated heterocycles. The molecule has 8 heteroatoms. The quantitative estimate of drug-likeness (QED) is 0.797. The third-order valence-corrected chi connectivity index (χ3v) is 4.05. The van der Waals surface area contributed by atoms with Crippen molar-refractivity contribution in [1.82, 2.24) is 19.9 Å². The first-order valence-electron chi connectivity index (χ1n) is 8.01. The van der Waals surface area contributed by atoms with Gasteiger partial charge in [0, 0.05) is 20.6 Å². The molecule has 0 amide bonds. The highest BCUT2D eigenvalue weighted by Crippen LogP contribution is 2.26. The lowest BCUT2D eigenvalue weighted by molar-refractivity contribution is -0.150. The molecule has 0 unspecified atom stereocenters. The summed E-state index contributed by atoms with van der Waals surface area (Å²) < 4.78 is 5.15. The van der Waals surface area contributed by atoms with E-state index in [9.17, 15) is 4.79 Å². The number of aromatic nitrogens is 3. The van der Waals surface area contributed by atoms with Gasteiger partial charge < -0.3 is 15.4 Å². The molecule has 0 aromatic carbocycles. The Morgan fingerprint density at radius 2 is 2.17 bits per heavy atom. The van der Waals surface area contributed by atoms with Crippen molar-refractivity contribution in [3.63, 3.8) is 0 Å². The Kier molecular flexibility index (Phi) is 5.70. The minimum atomic E-state index is -0.117. The Hall–Kier alpha value is -1.96. The van der Waals surface area contributed by atoms with E-state index in [1.54, 1.807) is 4.90 Å². The van der Waals surface area contributed by atoms with Crippen LogP contribution >= 0.6 is 0 Å². The molecule has 2 atom stereocenters. The number of nitrogens with zero attached hydrogens (tertiary/aromatic N) is 5. The molecule has 0 spiro atoms. The number of anilines is 2. The zero-order valence-electron chi connectivity index (χ0n) is 14.3. The van der Waals surface area contributed by atoms with Gasteiger partial charge in [-0.3, -0.25) is 9.69 Å². The SMILES string of the molecule is CCOC(=O)[C@@H]1CCCN([C@@H](C)c2nc(N)nc(N(C)C)n2)C1. The van der Waals surface area contributed by atoms with Gasteiger partial charge in [0.25, 0.3) is 0 Å². The van der Waals surface area contributed by atoms with E-state index in [-0.39, 0.29) is 23.9 Å². The fourth-order valence-corrected chi connectivity index (χ4v) is 2.76. The Labute approximate surface area is 137 Å². The maximum absolute atomic E-state index is 12.0. The van der Waals surface area contributed by atoms with Crippen LogP contribution in [0.1, 0.15) is 38.6 Å². The van der Waals surface area contributed by atoms with Gasteiger partial charge in [0.2, 0.25) is 11.9 Å². The van der Waals surface area contributed by atoms with Crippen LogP contribution < -0.4 is 10.6 Å². The highest BCUT2D eigenvalue weighted by molar-refractivity contribution is 5.72. The van der Waals surface area contributed by atoms with Crippen LogP contribution in [0.4, 0.5) is 11.9 Å². The maximum atomic E-state index is 12.0. The van der Waals surface area contributed by atoms with Crippen molar-refractivity contribution in [2.24, 2.45) is 5.92 Å². The first-order chi connectivity index (χ1) is 10.9. The molecule has 128 valence electrons. The van der Waals surface area contributed by atoms with E-state index < -0.39 is 0 Å². The van der Waals surface area contributed by atoms with Crippen molar-refractivity contribution in [2.45, 2.75) is 32.7 Å². The van der Waals surface area contributed by atoms with Crippen LogP contribution in [0.3, 0.4) is 0 Å². The average molecular weight is 322 g/mol. The number of nitrogen functional groups attached to an aromatic ring is 1. The van der Waals surface area contributed by atoms with Gasteiger partial charge in [0.05, 0.1) is 18.6 Å². The predicted molar refractivity (Wildman–Crippen MR) is 87.9 cm³/mol. The van der Waals surface area contributed by atoms with E-state index >= 15 is 0 Å². The number of carbonyl (C=O) groups is 1. The highest BCUT2D eigenvalue weighted by Gasteiger charge is 2.30. The monoisotopic (exact) mass is 322 g/mol. The zero-order chi connectivity index (χ0) is 17.0. The van der Waals surface area contributed by atoms with Crippen LogP contribution in [-0.4, -0.2) is 59.6 Å². The van der Waals surface area contributed by atoms with Crippen molar-refractivity contribution in [3.05, 3.63) is 5.82 Å². The summed E-state index contributed by atoms with van der Waals surface area (Å²) in [5, 5.41) is 0. The lowest BCUT2D eigenvalue weighted by Gasteiger charge is -2.35. The van der Waals surface area contributed by atoms with Gasteiger partial charge in [0.15, 0.2) is 5.82 Å². The molecule has 23 heavy (non-hydrogen) atoms. The summed E-state index contributed by atoms with van der Waals surface area (Å²) in [6, 6.07) is -0.0313. The molecule has 1 aliphatic heterocycles. The van der Waals surface area contributed by atoms with E-state index in [1.807, 2.05) is 27.9 Å². The summed E-state index contributed by atoms with van der Waals surface area (Å²) in [5.74, 6) is 1.18. The van der Waals surface area contributed by atoms with Gasteiger partial charge >= 0.3 is 5.97 Å². The average Bonchev–Trinajstić information content (AvgIpc) is 2.54. The fraction of sp³-hybridized carbons (Fsp3) is 0.733. The summed E-state index contributed by atoms with van der Waals surface area (Å²) in [6.45, 7) is 5.84. The summed E-state index contributed by atoms with van der Waals surface area (Å²) in [7, 11) is 3.72. The van der Waals surface area contributed by atoms with Crippen LogP contribution in [0, 0.1) is 5.92 Å². The molecule has 1 aromatic heterocycles. The second-order valence-electron chi connectivity index (χ2n) is 6.01. The predicted octanol–water partition coefficient (Wildman–Crippen LogP) is 0.856. The molecule has 0 aliphatic carbocycles. The number of piperidine rings is 1. The highest BCUT2D eigenvalue weighted by atomic mass is 16.5. The molecular weight excluding hydrogens is 296 g/mol. The molecule has 0 radical (unpaired) electrons. The van der Waals surface area contributed by atoms with E-state index in [1.165, 1.54) is 0 Å². The van der Waals surface area contributed by atoms with Crippen LogP contribution in [0.25, 0.3) is 0 Å². The Bertz CT molecular complexity index is 551. The molecule has 2 heterocycles. The molecule has 8 nitrogen and oxygen atoms in total.